The third-order valence-electron chi connectivity index (χ3n) is 2.67. The normalized spacial score (nSPS) is 22.8. The minimum absolute atomic E-state index is 0.342. The Hall–Kier alpha value is 0.363. The number of hydrogen-bond donors (Lipinski definition) is 0. The van der Waals surface area contributed by atoms with Crippen molar-refractivity contribution in [3.05, 3.63) is 21.0 Å². The zero-order chi connectivity index (χ0) is 10.2. The summed E-state index contributed by atoms with van der Waals surface area (Å²) in [7, 11) is 0. The van der Waals surface area contributed by atoms with Crippen LogP contribution in [0.25, 0.3) is 0 Å². The molecule has 0 spiro atoms. The number of allylic oxidation sites excluding steroid dienone is 4. The molecule has 1 unspecified atom stereocenters. The summed E-state index contributed by atoms with van der Waals surface area (Å²) in [4.78, 5) is 0. The van der Waals surface area contributed by atoms with Gasteiger partial charge >= 0.3 is 91.0 Å². The second kappa shape index (κ2) is 3.85. The monoisotopic (exact) mass is 255 g/mol. The molecule has 0 aromatic rings. The molecule has 0 aliphatic heterocycles. The van der Waals surface area contributed by atoms with Gasteiger partial charge in [-0.25, -0.2) is 0 Å². The van der Waals surface area contributed by atoms with Gasteiger partial charge in [0.2, 0.25) is 0 Å². The van der Waals surface area contributed by atoms with Gasteiger partial charge in [-0.15, -0.1) is 0 Å². The first-order valence-corrected chi connectivity index (χ1v) is 11.2. The number of hydrogen-bond acceptors (Lipinski definition) is 0. The Morgan fingerprint density at radius 1 is 1.23 bits per heavy atom. The molecule has 0 fully saturated rings. The molecule has 0 saturated carbocycles. The molecule has 13 heavy (non-hydrogen) atoms. The molecule has 0 amide bonds. The Bertz CT molecular complexity index is 251. The van der Waals surface area contributed by atoms with E-state index < -0.39 is 21.8 Å². The molecule has 0 aromatic carbocycles. The third-order valence-corrected chi connectivity index (χ3v) is 6.99. The van der Waals surface area contributed by atoms with Crippen molar-refractivity contribution in [2.75, 3.05) is 0 Å². The van der Waals surface area contributed by atoms with Gasteiger partial charge in [-0.2, -0.15) is 0 Å². The Balaban J connectivity index is 2.90. The van der Waals surface area contributed by atoms with Gasteiger partial charge in [0.15, 0.2) is 0 Å². The van der Waals surface area contributed by atoms with Crippen LogP contribution in [0.15, 0.2) is 21.0 Å². The van der Waals surface area contributed by atoms with Crippen LogP contribution in [0, 0.1) is 11.3 Å². The van der Waals surface area contributed by atoms with Crippen LogP contribution in [-0.2, 0) is 21.8 Å². The van der Waals surface area contributed by atoms with E-state index in [4.69, 9.17) is 0 Å². The van der Waals surface area contributed by atoms with Gasteiger partial charge < -0.3 is 0 Å². The van der Waals surface area contributed by atoms with E-state index in [1.165, 1.54) is 0 Å². The summed E-state index contributed by atoms with van der Waals surface area (Å²) in [5.41, 5.74) is 1.89. The Morgan fingerprint density at radius 2 is 1.77 bits per heavy atom. The molecule has 0 N–H and O–H groups in total. The first-order chi connectivity index (χ1) is 5.82. The van der Waals surface area contributed by atoms with E-state index in [1.807, 2.05) is 0 Å². The van der Waals surface area contributed by atoms with Gasteiger partial charge in [-0.05, 0) is 0 Å². The molecule has 0 heterocycles. The minimum atomic E-state index is -1.11. The quantitative estimate of drug-likeness (QED) is 0.659. The van der Waals surface area contributed by atoms with E-state index in [9.17, 15) is 0 Å². The van der Waals surface area contributed by atoms with Crippen LogP contribution in [-0.4, -0.2) is 0 Å². The van der Waals surface area contributed by atoms with Crippen LogP contribution < -0.4 is 0 Å². The second-order valence-corrected chi connectivity index (χ2v) is 11.6. The van der Waals surface area contributed by atoms with E-state index in [2.05, 4.69) is 49.1 Å². The van der Waals surface area contributed by atoms with Crippen molar-refractivity contribution in [3.63, 3.8) is 0 Å². The van der Waals surface area contributed by atoms with Crippen molar-refractivity contribution < 1.29 is 21.8 Å². The SMILES string of the molecule is CC1C=C(C(C)(C)C)C=[C]1[Zr]([CH3])[CH3]. The Labute approximate surface area is 90.8 Å². The van der Waals surface area contributed by atoms with E-state index in [1.54, 1.807) is 8.85 Å². The first kappa shape index (κ1) is 11.4. The predicted molar refractivity (Wildman–Crippen MR) is 56.5 cm³/mol. The fourth-order valence-corrected chi connectivity index (χ4v) is 5.31. The van der Waals surface area contributed by atoms with E-state index in [0.29, 0.717) is 5.41 Å². The molecule has 0 aromatic heterocycles. The summed E-state index contributed by atoms with van der Waals surface area (Å²) in [6, 6.07) is 0. The van der Waals surface area contributed by atoms with Gasteiger partial charge in [0.05, 0.1) is 0 Å². The maximum atomic E-state index is 2.49. The fraction of sp³-hybridized carbons (Fsp3) is 0.667. The molecular formula is C12H21Zr. The fourth-order valence-electron chi connectivity index (χ4n) is 1.77. The van der Waals surface area contributed by atoms with Crippen molar-refractivity contribution in [3.8, 4) is 0 Å². The summed E-state index contributed by atoms with van der Waals surface area (Å²) < 4.78 is 6.74. The molecule has 0 radical (unpaired) electrons. The molecule has 0 nitrogen and oxygen atoms in total. The van der Waals surface area contributed by atoms with Gasteiger partial charge in [0.1, 0.15) is 0 Å². The molecule has 0 bridgehead atoms. The average molecular weight is 257 g/mol. The van der Waals surface area contributed by atoms with Gasteiger partial charge in [-0.1, -0.05) is 0 Å². The van der Waals surface area contributed by atoms with Crippen molar-refractivity contribution >= 4 is 0 Å². The summed E-state index contributed by atoms with van der Waals surface area (Å²) in [6.07, 6.45) is 4.95. The molecule has 1 aliphatic rings. The third kappa shape index (κ3) is 2.65. The van der Waals surface area contributed by atoms with Crippen LogP contribution in [0.3, 0.4) is 0 Å². The number of rotatable bonds is 1. The van der Waals surface area contributed by atoms with Crippen LogP contribution in [0.1, 0.15) is 27.7 Å². The molecule has 1 atom stereocenters. The summed E-state index contributed by atoms with van der Waals surface area (Å²) in [5.74, 6) is 0.735. The van der Waals surface area contributed by atoms with Gasteiger partial charge in [0.25, 0.3) is 0 Å². The average Bonchev–Trinajstić information content (AvgIpc) is 2.29. The Morgan fingerprint density at radius 3 is 2.00 bits per heavy atom. The summed E-state index contributed by atoms with van der Waals surface area (Å²) >= 11 is -1.11. The van der Waals surface area contributed by atoms with Crippen LogP contribution in [0.2, 0.25) is 9.26 Å². The van der Waals surface area contributed by atoms with E-state index in [0.717, 1.165) is 5.92 Å². The summed E-state index contributed by atoms with van der Waals surface area (Å²) in [5, 5.41) is 0. The molecule has 1 heteroatoms. The van der Waals surface area contributed by atoms with Crippen molar-refractivity contribution in [1.29, 1.82) is 0 Å². The molecular weight excluding hydrogens is 235 g/mol. The summed E-state index contributed by atoms with van der Waals surface area (Å²) in [6.45, 7) is 9.26. The van der Waals surface area contributed by atoms with Crippen LogP contribution >= 0.6 is 0 Å². The maximum absolute atomic E-state index is 2.49. The molecule has 1 aliphatic carbocycles. The van der Waals surface area contributed by atoms with Gasteiger partial charge in [0, 0.05) is 0 Å². The van der Waals surface area contributed by atoms with Crippen molar-refractivity contribution in [2.24, 2.45) is 11.3 Å². The molecule has 0 saturated heterocycles. The second-order valence-electron chi connectivity index (χ2n) is 5.26. The van der Waals surface area contributed by atoms with Crippen LogP contribution in [0.4, 0.5) is 0 Å². The van der Waals surface area contributed by atoms with Crippen LogP contribution in [0.5, 0.6) is 0 Å². The first-order valence-electron chi connectivity index (χ1n) is 5.07. The van der Waals surface area contributed by atoms with Gasteiger partial charge in [-0.3, -0.25) is 0 Å². The zero-order valence-electron chi connectivity index (χ0n) is 9.73. The molecule has 73 valence electrons. The predicted octanol–water partition coefficient (Wildman–Crippen LogP) is 4.21. The standard InChI is InChI=1S/C10H15.2CH3.Zr/c1-8-5-6-9(7-8)10(2,3)4;;;/h6-8H,1-4H3;2*1H3;. The van der Waals surface area contributed by atoms with Crippen molar-refractivity contribution in [2.45, 2.75) is 37.0 Å². The van der Waals surface area contributed by atoms with Crippen molar-refractivity contribution in [1.82, 2.24) is 0 Å². The van der Waals surface area contributed by atoms with E-state index >= 15 is 0 Å². The molecule has 1 rings (SSSR count). The zero-order valence-corrected chi connectivity index (χ0v) is 12.2. The van der Waals surface area contributed by atoms with E-state index in [-0.39, 0.29) is 0 Å². The Kier molecular flexibility index (Phi) is 3.39. The topological polar surface area (TPSA) is 0 Å².